The molecule has 3 nitrogen and oxygen atoms in total. The highest BCUT2D eigenvalue weighted by Crippen LogP contribution is 2.31. The molecule has 0 amide bonds. The number of anilines is 1. The maximum atomic E-state index is 10.5. The van der Waals surface area contributed by atoms with Gasteiger partial charge in [0, 0.05) is 12.2 Å². The summed E-state index contributed by atoms with van der Waals surface area (Å²) in [6, 6.07) is 18.1. The van der Waals surface area contributed by atoms with E-state index in [-0.39, 0.29) is 18.5 Å². The number of likely N-dealkylation sites (tertiary alicyclic amines) is 1. The number of hydrogen-bond acceptors (Lipinski definition) is 3. The van der Waals surface area contributed by atoms with Crippen molar-refractivity contribution < 1.29 is 5.11 Å². The van der Waals surface area contributed by atoms with Gasteiger partial charge in [0.1, 0.15) is 0 Å². The lowest BCUT2D eigenvalue weighted by Crippen LogP contribution is -2.35. The van der Waals surface area contributed by atoms with Gasteiger partial charge in [-0.15, -0.1) is 12.4 Å². The van der Waals surface area contributed by atoms with Crippen molar-refractivity contribution in [1.29, 1.82) is 0 Å². The quantitative estimate of drug-likeness (QED) is 0.840. The lowest BCUT2D eigenvalue weighted by atomic mass is 9.87. The molecule has 2 aromatic rings. The van der Waals surface area contributed by atoms with Crippen molar-refractivity contribution in [2.45, 2.75) is 25.5 Å². The average molecular weight is 333 g/mol. The molecule has 1 fully saturated rings. The normalized spacial score (nSPS) is 17.4. The topological polar surface area (TPSA) is 49.5 Å². The van der Waals surface area contributed by atoms with E-state index in [1.807, 2.05) is 48.5 Å². The summed E-state index contributed by atoms with van der Waals surface area (Å²) in [7, 11) is 0. The molecule has 23 heavy (non-hydrogen) atoms. The first-order valence-corrected chi connectivity index (χ1v) is 8.02. The van der Waals surface area contributed by atoms with Crippen LogP contribution in [0, 0.1) is 5.92 Å². The SMILES string of the molecule is Cl.Nc1cccc(CN2CCC(C(O)c3ccccc3)CC2)c1. The molecule has 0 aromatic heterocycles. The van der Waals surface area contributed by atoms with E-state index in [4.69, 9.17) is 5.73 Å². The minimum Gasteiger partial charge on any atom is -0.399 e. The lowest BCUT2D eigenvalue weighted by Gasteiger charge is -2.34. The third kappa shape index (κ3) is 4.71. The predicted molar refractivity (Wildman–Crippen MR) is 97.5 cm³/mol. The summed E-state index contributed by atoms with van der Waals surface area (Å²) in [5.41, 5.74) is 8.97. The molecule has 1 aliphatic rings. The molecule has 0 spiro atoms. The van der Waals surface area contributed by atoms with Crippen molar-refractivity contribution in [3.63, 3.8) is 0 Å². The zero-order valence-electron chi connectivity index (χ0n) is 13.3. The molecule has 0 bridgehead atoms. The molecule has 1 saturated heterocycles. The van der Waals surface area contributed by atoms with Gasteiger partial charge >= 0.3 is 0 Å². The van der Waals surface area contributed by atoms with Crippen LogP contribution in [0.25, 0.3) is 0 Å². The first-order valence-electron chi connectivity index (χ1n) is 8.02. The van der Waals surface area contributed by atoms with Gasteiger partial charge in [0.05, 0.1) is 6.10 Å². The number of nitrogens with zero attached hydrogens (tertiary/aromatic N) is 1. The van der Waals surface area contributed by atoms with E-state index in [0.717, 1.165) is 43.7 Å². The van der Waals surface area contributed by atoms with Gasteiger partial charge in [0.15, 0.2) is 0 Å². The third-order valence-corrected chi connectivity index (χ3v) is 4.58. The molecule has 0 radical (unpaired) electrons. The van der Waals surface area contributed by atoms with Gasteiger partial charge in [0.25, 0.3) is 0 Å². The largest absolute Gasteiger partial charge is 0.399 e. The Balaban J connectivity index is 0.00000192. The summed E-state index contributed by atoms with van der Waals surface area (Å²) in [6.07, 6.45) is 1.74. The maximum absolute atomic E-state index is 10.5. The lowest BCUT2D eigenvalue weighted by molar-refractivity contribution is 0.0568. The minimum absolute atomic E-state index is 0. The fourth-order valence-corrected chi connectivity index (χ4v) is 3.30. The van der Waals surface area contributed by atoms with Gasteiger partial charge in [-0.3, -0.25) is 4.90 Å². The Bertz CT molecular complexity index is 597. The molecule has 2 aromatic carbocycles. The molecule has 1 atom stereocenters. The molecule has 124 valence electrons. The zero-order valence-corrected chi connectivity index (χ0v) is 14.1. The molecule has 1 unspecified atom stereocenters. The van der Waals surface area contributed by atoms with E-state index in [0.29, 0.717) is 5.92 Å². The van der Waals surface area contributed by atoms with Crippen molar-refractivity contribution in [3.05, 3.63) is 65.7 Å². The van der Waals surface area contributed by atoms with Gasteiger partial charge in [-0.2, -0.15) is 0 Å². The highest BCUT2D eigenvalue weighted by Gasteiger charge is 2.26. The molecular weight excluding hydrogens is 308 g/mol. The van der Waals surface area contributed by atoms with E-state index >= 15 is 0 Å². The highest BCUT2D eigenvalue weighted by molar-refractivity contribution is 5.85. The molecule has 1 aliphatic heterocycles. The van der Waals surface area contributed by atoms with Crippen LogP contribution >= 0.6 is 12.4 Å². The van der Waals surface area contributed by atoms with Crippen LogP contribution in [-0.4, -0.2) is 23.1 Å². The average Bonchev–Trinajstić information content (AvgIpc) is 2.56. The Morgan fingerprint density at radius 3 is 2.39 bits per heavy atom. The Hall–Kier alpha value is -1.55. The van der Waals surface area contributed by atoms with E-state index < -0.39 is 0 Å². The molecule has 3 N–H and O–H groups in total. The van der Waals surface area contributed by atoms with Crippen molar-refractivity contribution in [2.75, 3.05) is 18.8 Å². The Morgan fingerprint density at radius 1 is 1.04 bits per heavy atom. The number of aliphatic hydroxyl groups is 1. The number of aliphatic hydroxyl groups excluding tert-OH is 1. The van der Waals surface area contributed by atoms with Crippen LogP contribution in [0.4, 0.5) is 5.69 Å². The standard InChI is InChI=1S/C19H24N2O.ClH/c20-18-8-4-5-15(13-18)14-21-11-9-17(10-12-21)19(22)16-6-2-1-3-7-16;/h1-8,13,17,19,22H,9-12,14,20H2;1H. The van der Waals surface area contributed by atoms with Gasteiger partial charge in [-0.05, 0) is 55.1 Å². The van der Waals surface area contributed by atoms with Crippen LogP contribution in [-0.2, 0) is 6.54 Å². The number of nitrogens with two attached hydrogens (primary N) is 1. The number of hydrogen-bond donors (Lipinski definition) is 2. The van der Waals surface area contributed by atoms with Crippen LogP contribution < -0.4 is 5.73 Å². The summed E-state index contributed by atoms with van der Waals surface area (Å²) in [5, 5.41) is 10.5. The van der Waals surface area contributed by atoms with E-state index in [2.05, 4.69) is 11.0 Å². The smallest absolute Gasteiger partial charge is 0.0819 e. The molecule has 3 rings (SSSR count). The van der Waals surface area contributed by atoms with E-state index in [9.17, 15) is 5.11 Å². The molecule has 0 aliphatic carbocycles. The summed E-state index contributed by atoms with van der Waals surface area (Å²) in [6.45, 7) is 3.01. The monoisotopic (exact) mass is 332 g/mol. The minimum atomic E-state index is -0.337. The van der Waals surface area contributed by atoms with Crippen LogP contribution in [0.5, 0.6) is 0 Å². The van der Waals surface area contributed by atoms with Gasteiger partial charge in [-0.1, -0.05) is 42.5 Å². The van der Waals surface area contributed by atoms with E-state index in [1.54, 1.807) is 0 Å². The number of piperidine rings is 1. The molecule has 4 heteroatoms. The fourth-order valence-electron chi connectivity index (χ4n) is 3.30. The van der Waals surface area contributed by atoms with E-state index in [1.165, 1.54) is 5.56 Å². The second kappa shape index (κ2) is 8.34. The number of rotatable bonds is 4. The second-order valence-electron chi connectivity index (χ2n) is 6.21. The molecule has 1 heterocycles. The summed E-state index contributed by atoms with van der Waals surface area (Å²) >= 11 is 0. The summed E-state index contributed by atoms with van der Waals surface area (Å²) in [5.74, 6) is 0.361. The fraction of sp³-hybridized carbons (Fsp3) is 0.368. The number of nitrogen functional groups attached to an aromatic ring is 1. The third-order valence-electron chi connectivity index (χ3n) is 4.58. The van der Waals surface area contributed by atoms with Gasteiger partial charge in [-0.25, -0.2) is 0 Å². The summed E-state index contributed by atoms with van der Waals surface area (Å²) < 4.78 is 0. The number of halogens is 1. The number of benzene rings is 2. The zero-order chi connectivity index (χ0) is 15.4. The van der Waals surface area contributed by atoms with Crippen LogP contribution in [0.1, 0.15) is 30.1 Å². The van der Waals surface area contributed by atoms with Crippen molar-refractivity contribution in [2.24, 2.45) is 5.92 Å². The Labute approximate surface area is 144 Å². The predicted octanol–water partition coefficient (Wildman–Crippen LogP) is 3.64. The van der Waals surface area contributed by atoms with Crippen molar-refractivity contribution in [3.8, 4) is 0 Å². The maximum Gasteiger partial charge on any atom is 0.0819 e. The molecular formula is C19H25ClN2O. The van der Waals surface area contributed by atoms with Gasteiger partial charge < -0.3 is 10.8 Å². The van der Waals surface area contributed by atoms with Crippen LogP contribution in [0.3, 0.4) is 0 Å². The second-order valence-corrected chi connectivity index (χ2v) is 6.21. The van der Waals surface area contributed by atoms with Crippen LogP contribution in [0.15, 0.2) is 54.6 Å². The Morgan fingerprint density at radius 2 is 1.74 bits per heavy atom. The van der Waals surface area contributed by atoms with Crippen molar-refractivity contribution >= 4 is 18.1 Å². The summed E-state index contributed by atoms with van der Waals surface area (Å²) in [4.78, 5) is 2.45. The highest BCUT2D eigenvalue weighted by atomic mass is 35.5. The van der Waals surface area contributed by atoms with Crippen molar-refractivity contribution in [1.82, 2.24) is 4.90 Å². The van der Waals surface area contributed by atoms with Crippen LogP contribution in [0.2, 0.25) is 0 Å². The molecule has 0 saturated carbocycles. The first-order chi connectivity index (χ1) is 10.7. The first kappa shape index (κ1) is 17.8. The Kier molecular flexibility index (Phi) is 6.46. The van der Waals surface area contributed by atoms with Gasteiger partial charge in [0.2, 0.25) is 0 Å².